The smallest absolute Gasteiger partial charge is 0.208 e. The van der Waals surface area contributed by atoms with E-state index >= 15 is 0 Å². The van der Waals surface area contributed by atoms with Gasteiger partial charge in [-0.15, -0.1) is 0 Å². The van der Waals surface area contributed by atoms with Crippen molar-refractivity contribution in [2.45, 2.75) is 39.8 Å². The van der Waals surface area contributed by atoms with Crippen LogP contribution in [0.2, 0.25) is 0 Å². The van der Waals surface area contributed by atoms with Crippen LogP contribution >= 0.6 is 0 Å². The number of aryl methyl sites for hydroxylation is 3. The van der Waals surface area contributed by atoms with Gasteiger partial charge >= 0.3 is 0 Å². The summed E-state index contributed by atoms with van der Waals surface area (Å²) in [5.41, 5.74) is 6.88. The number of likely N-dealkylation sites (tertiary alicyclic amines) is 1. The number of oxime groups is 1. The second-order valence-electron chi connectivity index (χ2n) is 5.94. The molecule has 0 aliphatic carbocycles. The Morgan fingerprint density at radius 3 is 2.35 bits per heavy atom. The Morgan fingerprint density at radius 1 is 1.15 bits per heavy atom. The molecule has 1 saturated heterocycles. The van der Waals surface area contributed by atoms with Gasteiger partial charge in [0.25, 0.3) is 0 Å². The molecule has 3 nitrogen and oxygen atoms in total. The molecule has 2 aliphatic heterocycles. The molecule has 1 fully saturated rings. The van der Waals surface area contributed by atoms with E-state index in [0.29, 0.717) is 0 Å². The third-order valence-corrected chi connectivity index (χ3v) is 4.23. The van der Waals surface area contributed by atoms with E-state index in [1.54, 1.807) is 0 Å². The highest BCUT2D eigenvalue weighted by molar-refractivity contribution is 6.15. The molecule has 106 valence electrons. The molecule has 0 radical (unpaired) electrons. The van der Waals surface area contributed by atoms with Gasteiger partial charge in [0.05, 0.1) is 0 Å². The van der Waals surface area contributed by atoms with E-state index in [4.69, 9.17) is 4.84 Å². The molecule has 1 unspecified atom stereocenters. The van der Waals surface area contributed by atoms with E-state index in [0.717, 1.165) is 24.4 Å². The third-order valence-electron chi connectivity index (χ3n) is 4.23. The lowest BCUT2D eigenvalue weighted by Gasteiger charge is -2.22. The lowest BCUT2D eigenvalue weighted by atomic mass is 9.92. The van der Waals surface area contributed by atoms with E-state index in [1.807, 2.05) is 0 Å². The van der Waals surface area contributed by atoms with Gasteiger partial charge in [0, 0.05) is 24.2 Å². The minimum atomic E-state index is -0.0624. The zero-order chi connectivity index (χ0) is 14.3. The summed E-state index contributed by atoms with van der Waals surface area (Å²) in [5.74, 6) is 0. The number of rotatable bonds is 2. The lowest BCUT2D eigenvalue weighted by molar-refractivity contribution is -0.00477. The third kappa shape index (κ3) is 2.16. The fourth-order valence-electron chi connectivity index (χ4n) is 3.36. The fraction of sp³-hybridized carbons (Fsp3) is 0.471. The SMILES string of the molecule is C=C1C(c2c(C)cc(C)cc2C)=NOC1N1CCCC1. The van der Waals surface area contributed by atoms with Crippen molar-refractivity contribution in [1.82, 2.24) is 4.90 Å². The van der Waals surface area contributed by atoms with Crippen LogP contribution < -0.4 is 0 Å². The van der Waals surface area contributed by atoms with Crippen LogP contribution in [-0.4, -0.2) is 29.9 Å². The first-order valence-corrected chi connectivity index (χ1v) is 7.33. The molecule has 20 heavy (non-hydrogen) atoms. The van der Waals surface area contributed by atoms with E-state index in [9.17, 15) is 0 Å². The van der Waals surface area contributed by atoms with Gasteiger partial charge < -0.3 is 4.84 Å². The first-order chi connectivity index (χ1) is 9.58. The molecule has 0 aromatic heterocycles. The van der Waals surface area contributed by atoms with E-state index < -0.39 is 0 Å². The molecule has 0 spiro atoms. The summed E-state index contributed by atoms with van der Waals surface area (Å²) in [7, 11) is 0. The molecular formula is C17H22N2O. The Labute approximate surface area is 120 Å². The van der Waals surface area contributed by atoms with Gasteiger partial charge in [-0.05, 0) is 44.7 Å². The molecule has 0 bridgehead atoms. The zero-order valence-corrected chi connectivity index (χ0v) is 12.6. The quantitative estimate of drug-likeness (QED) is 0.823. The van der Waals surface area contributed by atoms with Crippen molar-refractivity contribution in [2.75, 3.05) is 13.1 Å². The molecule has 1 atom stereocenters. The maximum atomic E-state index is 5.67. The summed E-state index contributed by atoms with van der Waals surface area (Å²) in [5, 5.41) is 4.34. The van der Waals surface area contributed by atoms with Crippen molar-refractivity contribution < 1.29 is 4.84 Å². The summed E-state index contributed by atoms with van der Waals surface area (Å²) in [6, 6.07) is 4.39. The van der Waals surface area contributed by atoms with Crippen LogP contribution in [0.1, 0.15) is 35.1 Å². The molecule has 0 saturated carbocycles. The molecular weight excluding hydrogens is 248 g/mol. The summed E-state index contributed by atoms with van der Waals surface area (Å²) in [6.45, 7) is 12.8. The van der Waals surface area contributed by atoms with Crippen molar-refractivity contribution in [1.29, 1.82) is 0 Å². The van der Waals surface area contributed by atoms with Gasteiger partial charge in [0.1, 0.15) is 5.71 Å². The van der Waals surface area contributed by atoms with Crippen molar-refractivity contribution in [3.8, 4) is 0 Å². The number of nitrogens with zero attached hydrogens (tertiary/aromatic N) is 2. The Bertz CT molecular complexity index is 560. The van der Waals surface area contributed by atoms with Crippen LogP contribution in [0.25, 0.3) is 0 Å². The van der Waals surface area contributed by atoms with Crippen molar-refractivity contribution in [2.24, 2.45) is 5.16 Å². The second kappa shape index (κ2) is 5.06. The van der Waals surface area contributed by atoms with Gasteiger partial charge in [-0.25, -0.2) is 0 Å². The number of hydrogen-bond donors (Lipinski definition) is 0. The minimum absolute atomic E-state index is 0.0624. The van der Waals surface area contributed by atoms with Gasteiger partial charge in [0.15, 0.2) is 0 Å². The molecule has 2 heterocycles. The Balaban J connectivity index is 1.91. The normalized spacial score (nSPS) is 23.1. The van der Waals surface area contributed by atoms with Gasteiger partial charge in [-0.3, -0.25) is 4.90 Å². The number of benzene rings is 1. The van der Waals surface area contributed by atoms with Crippen LogP contribution in [0.3, 0.4) is 0 Å². The van der Waals surface area contributed by atoms with Crippen LogP contribution in [0.15, 0.2) is 29.4 Å². The molecule has 0 N–H and O–H groups in total. The average molecular weight is 270 g/mol. The molecule has 0 amide bonds. The number of hydrogen-bond acceptors (Lipinski definition) is 3. The van der Waals surface area contributed by atoms with Gasteiger partial charge in [-0.2, -0.15) is 0 Å². The summed E-state index contributed by atoms with van der Waals surface area (Å²) in [4.78, 5) is 8.00. The highest BCUT2D eigenvalue weighted by atomic mass is 16.7. The van der Waals surface area contributed by atoms with Gasteiger partial charge in [-0.1, -0.05) is 29.4 Å². The predicted molar refractivity (Wildman–Crippen MR) is 82.0 cm³/mol. The highest BCUT2D eigenvalue weighted by Crippen LogP contribution is 2.29. The maximum absolute atomic E-state index is 5.67. The molecule has 1 aromatic carbocycles. The van der Waals surface area contributed by atoms with E-state index in [1.165, 1.54) is 35.1 Å². The summed E-state index contributed by atoms with van der Waals surface area (Å²) in [6.07, 6.45) is 2.42. The van der Waals surface area contributed by atoms with E-state index in [2.05, 4.69) is 49.5 Å². The zero-order valence-electron chi connectivity index (χ0n) is 12.6. The average Bonchev–Trinajstić information content (AvgIpc) is 2.99. The molecule has 2 aliphatic rings. The van der Waals surface area contributed by atoms with Crippen molar-refractivity contribution >= 4 is 5.71 Å². The maximum Gasteiger partial charge on any atom is 0.208 e. The van der Waals surface area contributed by atoms with Gasteiger partial charge in [0.2, 0.25) is 6.23 Å². The van der Waals surface area contributed by atoms with Crippen LogP contribution in [-0.2, 0) is 4.84 Å². The highest BCUT2D eigenvalue weighted by Gasteiger charge is 2.34. The summed E-state index contributed by atoms with van der Waals surface area (Å²) < 4.78 is 0. The molecule has 3 heteroatoms. The predicted octanol–water partition coefficient (Wildman–Crippen LogP) is 3.32. The molecule has 3 rings (SSSR count). The minimum Gasteiger partial charge on any atom is -0.371 e. The Morgan fingerprint density at radius 2 is 1.75 bits per heavy atom. The topological polar surface area (TPSA) is 24.8 Å². The van der Waals surface area contributed by atoms with Crippen LogP contribution in [0.5, 0.6) is 0 Å². The monoisotopic (exact) mass is 270 g/mol. The van der Waals surface area contributed by atoms with Crippen molar-refractivity contribution in [3.05, 3.63) is 46.5 Å². The first-order valence-electron chi connectivity index (χ1n) is 7.33. The van der Waals surface area contributed by atoms with Crippen molar-refractivity contribution in [3.63, 3.8) is 0 Å². The van der Waals surface area contributed by atoms with Crippen LogP contribution in [0, 0.1) is 20.8 Å². The lowest BCUT2D eigenvalue weighted by Crippen LogP contribution is -2.34. The van der Waals surface area contributed by atoms with Crippen LogP contribution in [0.4, 0.5) is 0 Å². The standard InChI is InChI=1S/C17H22N2O/c1-11-9-12(2)15(13(3)10-11)16-14(4)17(20-18-16)19-7-5-6-8-19/h9-10,17H,4-8H2,1-3H3. The van der Waals surface area contributed by atoms with E-state index in [-0.39, 0.29) is 6.23 Å². The largest absolute Gasteiger partial charge is 0.371 e. The second-order valence-corrected chi connectivity index (χ2v) is 5.94. The molecule has 1 aromatic rings. The fourth-order valence-corrected chi connectivity index (χ4v) is 3.36. The Kier molecular flexibility index (Phi) is 3.38. The Hall–Kier alpha value is -1.61. The first kappa shape index (κ1) is 13.4. The summed E-state index contributed by atoms with van der Waals surface area (Å²) >= 11 is 0.